The molecule has 0 atom stereocenters. The molecule has 0 aliphatic carbocycles. The van der Waals surface area contributed by atoms with Crippen molar-refractivity contribution in [1.82, 2.24) is 9.80 Å². The zero-order chi connectivity index (χ0) is 24.9. The smallest absolute Gasteiger partial charge is 0.417 e. The molecule has 2 aliphatic heterocycles. The van der Waals surface area contributed by atoms with E-state index < -0.39 is 46.3 Å². The molecule has 182 valence electrons. The monoisotopic (exact) mass is 452 g/mol. The normalized spacial score (nSPS) is 24.6. The number of rotatable bonds is 2. The SMILES string of the molecule is CC(=O)N1C(C)(C)CC(OC(=O)C(=O)OC2CC(C)(C)N(C(C)=O)C(C)(C)C2)CC1(C)C. The molecule has 2 aliphatic rings. The van der Waals surface area contributed by atoms with Crippen LogP contribution in [-0.2, 0) is 28.7 Å². The molecule has 8 heteroatoms. The third-order valence-corrected chi connectivity index (χ3v) is 6.67. The molecule has 8 nitrogen and oxygen atoms in total. The van der Waals surface area contributed by atoms with Crippen LogP contribution in [0.5, 0.6) is 0 Å². The average molecular weight is 453 g/mol. The first kappa shape index (κ1) is 26.1. The van der Waals surface area contributed by atoms with E-state index in [0.29, 0.717) is 25.7 Å². The molecule has 0 N–H and O–H groups in total. The summed E-state index contributed by atoms with van der Waals surface area (Å²) in [7, 11) is 0. The van der Waals surface area contributed by atoms with Gasteiger partial charge in [0.05, 0.1) is 0 Å². The molecule has 0 radical (unpaired) electrons. The molecule has 0 saturated carbocycles. The van der Waals surface area contributed by atoms with E-state index >= 15 is 0 Å². The Hall–Kier alpha value is -2.12. The molecule has 2 amide bonds. The second kappa shape index (κ2) is 8.34. The Kier molecular flexibility index (Phi) is 6.81. The van der Waals surface area contributed by atoms with E-state index in [0.717, 1.165) is 0 Å². The Bertz CT molecular complexity index is 696. The van der Waals surface area contributed by atoms with E-state index in [1.54, 1.807) is 0 Å². The van der Waals surface area contributed by atoms with Gasteiger partial charge in [-0.2, -0.15) is 0 Å². The van der Waals surface area contributed by atoms with Crippen molar-refractivity contribution in [3.8, 4) is 0 Å². The van der Waals surface area contributed by atoms with Gasteiger partial charge < -0.3 is 19.3 Å². The van der Waals surface area contributed by atoms with Gasteiger partial charge in [-0.05, 0) is 55.4 Å². The lowest BCUT2D eigenvalue weighted by Gasteiger charge is -2.54. The van der Waals surface area contributed by atoms with Gasteiger partial charge in [-0.3, -0.25) is 9.59 Å². The van der Waals surface area contributed by atoms with Crippen LogP contribution in [0.2, 0.25) is 0 Å². The number of carbonyl (C=O) groups is 4. The molecule has 2 heterocycles. The minimum atomic E-state index is -1.01. The molecular weight excluding hydrogens is 412 g/mol. The number of ether oxygens (including phenoxy) is 2. The predicted molar refractivity (Wildman–Crippen MR) is 120 cm³/mol. The van der Waals surface area contributed by atoms with E-state index in [4.69, 9.17) is 9.47 Å². The zero-order valence-corrected chi connectivity index (χ0v) is 21.3. The molecule has 0 aromatic carbocycles. The van der Waals surface area contributed by atoms with E-state index in [9.17, 15) is 19.2 Å². The fourth-order valence-electron chi connectivity index (χ4n) is 6.65. The molecule has 2 rings (SSSR count). The Morgan fingerprint density at radius 2 is 0.781 bits per heavy atom. The van der Waals surface area contributed by atoms with E-state index in [1.165, 1.54) is 13.8 Å². The Morgan fingerprint density at radius 3 is 0.969 bits per heavy atom. The van der Waals surface area contributed by atoms with Crippen LogP contribution in [0.1, 0.15) is 94.9 Å². The fourth-order valence-corrected chi connectivity index (χ4v) is 6.65. The third-order valence-electron chi connectivity index (χ3n) is 6.67. The van der Waals surface area contributed by atoms with Gasteiger partial charge in [0, 0.05) is 61.7 Å². The number of likely N-dealkylation sites (tertiary alicyclic amines) is 2. The van der Waals surface area contributed by atoms with Crippen molar-refractivity contribution in [3.63, 3.8) is 0 Å². The van der Waals surface area contributed by atoms with Crippen LogP contribution in [0, 0.1) is 0 Å². The van der Waals surface area contributed by atoms with Crippen molar-refractivity contribution in [2.45, 2.75) is 129 Å². The minimum absolute atomic E-state index is 0.0358. The van der Waals surface area contributed by atoms with Crippen LogP contribution in [0.15, 0.2) is 0 Å². The quantitative estimate of drug-likeness (QED) is 0.472. The van der Waals surface area contributed by atoms with Gasteiger partial charge >= 0.3 is 11.9 Å². The molecule has 0 bridgehead atoms. The predicted octanol–water partition coefficient (Wildman–Crippen LogP) is 3.21. The molecule has 0 spiro atoms. The largest absolute Gasteiger partial charge is 0.454 e. The van der Waals surface area contributed by atoms with Crippen LogP contribution >= 0.6 is 0 Å². The van der Waals surface area contributed by atoms with Crippen molar-refractivity contribution in [3.05, 3.63) is 0 Å². The highest BCUT2D eigenvalue weighted by Gasteiger charge is 2.50. The van der Waals surface area contributed by atoms with Crippen LogP contribution in [0.4, 0.5) is 0 Å². The van der Waals surface area contributed by atoms with Gasteiger partial charge in [-0.25, -0.2) is 9.59 Å². The summed E-state index contributed by atoms with van der Waals surface area (Å²) in [5, 5.41) is 0. The van der Waals surface area contributed by atoms with Crippen molar-refractivity contribution in [1.29, 1.82) is 0 Å². The zero-order valence-electron chi connectivity index (χ0n) is 21.3. The highest BCUT2D eigenvalue weighted by Crippen LogP contribution is 2.41. The topological polar surface area (TPSA) is 93.2 Å². The summed E-state index contributed by atoms with van der Waals surface area (Å²) in [6, 6.07) is 0. The fraction of sp³-hybridized carbons (Fsp3) is 0.833. The summed E-state index contributed by atoms with van der Waals surface area (Å²) < 4.78 is 11.1. The van der Waals surface area contributed by atoms with Gasteiger partial charge in [0.25, 0.3) is 0 Å². The molecule has 0 aromatic rings. The van der Waals surface area contributed by atoms with E-state index in [1.807, 2.05) is 65.2 Å². The number of carbonyl (C=O) groups excluding carboxylic acids is 4. The van der Waals surface area contributed by atoms with E-state index in [2.05, 4.69) is 0 Å². The van der Waals surface area contributed by atoms with Gasteiger partial charge in [0.2, 0.25) is 11.8 Å². The second-order valence-corrected chi connectivity index (χ2v) is 11.8. The summed E-state index contributed by atoms with van der Waals surface area (Å²) >= 11 is 0. The van der Waals surface area contributed by atoms with Crippen molar-refractivity contribution >= 4 is 23.8 Å². The number of esters is 2. The highest BCUT2D eigenvalue weighted by atomic mass is 16.6. The van der Waals surface area contributed by atoms with Crippen LogP contribution in [0.25, 0.3) is 0 Å². The average Bonchev–Trinajstić information content (AvgIpc) is 2.47. The summed E-state index contributed by atoms with van der Waals surface area (Å²) in [5.41, 5.74) is -2.07. The molecule has 0 aromatic heterocycles. The summed E-state index contributed by atoms with van der Waals surface area (Å²) in [6.45, 7) is 18.5. The first-order valence-electron chi connectivity index (χ1n) is 11.3. The van der Waals surface area contributed by atoms with Crippen molar-refractivity contribution < 1.29 is 28.7 Å². The lowest BCUT2D eigenvalue weighted by atomic mass is 9.78. The molecule has 2 saturated heterocycles. The van der Waals surface area contributed by atoms with Crippen LogP contribution in [0.3, 0.4) is 0 Å². The standard InChI is InChI=1S/C24H40N2O6/c1-15(27)25-21(3,4)11-17(12-22(25,5)6)31-19(29)20(30)32-18-13-23(7,8)26(16(2)28)24(9,10)14-18/h17-18H,11-14H2,1-10H3. The number of piperidine rings is 2. The summed E-state index contributed by atoms with van der Waals surface area (Å²) in [5.74, 6) is -2.09. The maximum Gasteiger partial charge on any atom is 0.417 e. The maximum absolute atomic E-state index is 12.6. The van der Waals surface area contributed by atoms with Gasteiger partial charge in [0.1, 0.15) is 12.2 Å². The van der Waals surface area contributed by atoms with Crippen LogP contribution < -0.4 is 0 Å². The summed E-state index contributed by atoms with van der Waals surface area (Å²) in [6.07, 6.45) is 0.752. The summed E-state index contributed by atoms with van der Waals surface area (Å²) in [4.78, 5) is 53.1. The molecule has 2 fully saturated rings. The maximum atomic E-state index is 12.6. The first-order valence-corrected chi connectivity index (χ1v) is 11.3. The molecular formula is C24H40N2O6. The molecule has 0 unspecified atom stereocenters. The van der Waals surface area contributed by atoms with Crippen LogP contribution in [-0.4, -0.2) is 67.9 Å². The third kappa shape index (κ3) is 5.26. The Labute approximate surface area is 192 Å². The lowest BCUT2D eigenvalue weighted by molar-refractivity contribution is -0.186. The lowest BCUT2D eigenvalue weighted by Crippen LogP contribution is -2.64. The Balaban J connectivity index is 2.06. The van der Waals surface area contributed by atoms with Gasteiger partial charge in [-0.15, -0.1) is 0 Å². The number of hydrogen-bond acceptors (Lipinski definition) is 6. The number of hydrogen-bond donors (Lipinski definition) is 0. The second-order valence-electron chi connectivity index (χ2n) is 11.8. The Morgan fingerprint density at radius 1 is 0.562 bits per heavy atom. The van der Waals surface area contributed by atoms with E-state index in [-0.39, 0.29) is 11.8 Å². The van der Waals surface area contributed by atoms with Gasteiger partial charge in [0.15, 0.2) is 0 Å². The highest BCUT2D eigenvalue weighted by molar-refractivity contribution is 6.29. The minimum Gasteiger partial charge on any atom is -0.454 e. The number of amides is 2. The van der Waals surface area contributed by atoms with Crippen molar-refractivity contribution in [2.24, 2.45) is 0 Å². The molecule has 32 heavy (non-hydrogen) atoms. The van der Waals surface area contributed by atoms with Crippen molar-refractivity contribution in [2.75, 3.05) is 0 Å². The number of nitrogens with zero attached hydrogens (tertiary/aromatic N) is 2. The van der Waals surface area contributed by atoms with Gasteiger partial charge in [-0.1, -0.05) is 0 Å². The first-order chi connectivity index (χ1) is 14.3.